The molecule has 1 saturated heterocycles. The van der Waals surface area contributed by atoms with E-state index in [9.17, 15) is 0 Å². The smallest absolute Gasteiger partial charge is 0.0505 e. The van der Waals surface area contributed by atoms with E-state index >= 15 is 0 Å². The second-order valence-corrected chi connectivity index (χ2v) is 6.12. The van der Waals surface area contributed by atoms with Gasteiger partial charge in [-0.25, -0.2) is 0 Å². The predicted molar refractivity (Wildman–Crippen MR) is 50.7 cm³/mol. The van der Waals surface area contributed by atoms with Crippen LogP contribution in [0.15, 0.2) is 0 Å². The van der Waals surface area contributed by atoms with Gasteiger partial charge in [-0.2, -0.15) is 0 Å². The van der Waals surface area contributed by atoms with E-state index < -0.39 is 0 Å². The van der Waals surface area contributed by atoms with Gasteiger partial charge in [0.25, 0.3) is 0 Å². The van der Waals surface area contributed by atoms with Gasteiger partial charge in [0, 0.05) is 0 Å². The molecule has 2 fully saturated rings. The summed E-state index contributed by atoms with van der Waals surface area (Å²) in [4.78, 5) is 0. The van der Waals surface area contributed by atoms with Gasteiger partial charge >= 0.3 is 0 Å². The van der Waals surface area contributed by atoms with Crippen molar-refractivity contribution >= 4 is 23.5 Å². The highest BCUT2D eigenvalue weighted by Gasteiger charge is 2.26. The minimum atomic E-state index is 0.973. The predicted octanol–water partition coefficient (Wildman–Crippen LogP) is 2.98. The van der Waals surface area contributed by atoms with E-state index in [2.05, 4.69) is 23.5 Å². The Morgan fingerprint density at radius 3 is 2.40 bits per heavy atom. The van der Waals surface area contributed by atoms with Crippen LogP contribution < -0.4 is 0 Å². The van der Waals surface area contributed by atoms with Crippen LogP contribution >= 0.6 is 23.5 Å². The Morgan fingerprint density at radius 1 is 1.10 bits per heavy atom. The summed E-state index contributed by atoms with van der Waals surface area (Å²) in [6, 6.07) is 0. The first-order valence-electron chi connectivity index (χ1n) is 4.18. The highest BCUT2D eigenvalue weighted by Crippen LogP contribution is 2.42. The lowest BCUT2D eigenvalue weighted by Crippen LogP contribution is -2.06. The summed E-state index contributed by atoms with van der Waals surface area (Å²) in [5.41, 5.74) is 0. The van der Waals surface area contributed by atoms with Crippen LogP contribution in [0.3, 0.4) is 0 Å². The molecule has 0 aromatic heterocycles. The summed E-state index contributed by atoms with van der Waals surface area (Å²) in [7, 11) is 0. The lowest BCUT2D eigenvalue weighted by Gasteiger charge is -2.20. The van der Waals surface area contributed by atoms with Crippen LogP contribution in [0.4, 0.5) is 0 Å². The highest BCUT2D eigenvalue weighted by molar-refractivity contribution is 8.17. The zero-order valence-corrected chi connectivity index (χ0v) is 7.85. The molecule has 0 aromatic rings. The van der Waals surface area contributed by atoms with Crippen molar-refractivity contribution in [2.75, 3.05) is 11.5 Å². The Morgan fingerprint density at radius 2 is 1.80 bits per heavy atom. The summed E-state index contributed by atoms with van der Waals surface area (Å²) in [6.07, 6.45) is 6.00. The zero-order valence-electron chi connectivity index (χ0n) is 6.21. The Hall–Kier alpha value is 0.700. The SMILES string of the molecule is C1CSC(CC2CC2)SC1. The van der Waals surface area contributed by atoms with Crippen LogP contribution in [0.2, 0.25) is 0 Å². The number of hydrogen-bond acceptors (Lipinski definition) is 2. The van der Waals surface area contributed by atoms with Gasteiger partial charge < -0.3 is 0 Å². The monoisotopic (exact) mass is 174 g/mol. The molecule has 10 heavy (non-hydrogen) atoms. The Labute approximate surface area is 71.5 Å². The minimum Gasteiger partial charge on any atom is -0.148 e. The quantitative estimate of drug-likeness (QED) is 0.631. The molecule has 1 heterocycles. The molecule has 0 spiro atoms. The minimum absolute atomic E-state index is 0.973. The van der Waals surface area contributed by atoms with Crippen LogP contribution in [0, 0.1) is 5.92 Å². The van der Waals surface area contributed by atoms with E-state index in [-0.39, 0.29) is 0 Å². The van der Waals surface area contributed by atoms with Gasteiger partial charge in [-0.05, 0) is 30.3 Å². The van der Waals surface area contributed by atoms with Crippen molar-refractivity contribution in [1.82, 2.24) is 0 Å². The molecule has 2 aliphatic rings. The topological polar surface area (TPSA) is 0 Å². The fourth-order valence-corrected chi connectivity index (χ4v) is 4.41. The maximum absolute atomic E-state index is 2.19. The molecule has 58 valence electrons. The lowest BCUT2D eigenvalue weighted by atomic mass is 10.3. The largest absolute Gasteiger partial charge is 0.148 e. The maximum atomic E-state index is 2.19. The number of thioether (sulfide) groups is 2. The first kappa shape index (κ1) is 7.35. The molecular weight excluding hydrogens is 160 g/mol. The van der Waals surface area contributed by atoms with Crippen molar-refractivity contribution in [3.8, 4) is 0 Å². The maximum Gasteiger partial charge on any atom is 0.0505 e. The normalized spacial score (nSPS) is 28.8. The average Bonchev–Trinajstić information content (AvgIpc) is 2.74. The van der Waals surface area contributed by atoms with Gasteiger partial charge in [0.1, 0.15) is 0 Å². The van der Waals surface area contributed by atoms with E-state index in [4.69, 9.17) is 0 Å². The Bertz CT molecular complexity index is 104. The van der Waals surface area contributed by atoms with Gasteiger partial charge in [0.15, 0.2) is 0 Å². The van der Waals surface area contributed by atoms with Gasteiger partial charge in [0.2, 0.25) is 0 Å². The van der Waals surface area contributed by atoms with Crippen LogP contribution in [0.5, 0.6) is 0 Å². The molecule has 0 atom stereocenters. The standard InChI is InChI=1S/C8H14S2/c1-4-9-8(10-5-1)6-7-2-3-7/h7-8H,1-6H2. The van der Waals surface area contributed by atoms with E-state index in [0.717, 1.165) is 10.5 Å². The van der Waals surface area contributed by atoms with Crippen molar-refractivity contribution < 1.29 is 0 Å². The van der Waals surface area contributed by atoms with Crippen LogP contribution in [0.1, 0.15) is 25.7 Å². The van der Waals surface area contributed by atoms with E-state index in [0.29, 0.717) is 0 Å². The molecule has 1 saturated carbocycles. The molecule has 2 heteroatoms. The molecule has 0 N–H and O–H groups in total. The van der Waals surface area contributed by atoms with Gasteiger partial charge in [-0.3, -0.25) is 0 Å². The average molecular weight is 174 g/mol. The lowest BCUT2D eigenvalue weighted by molar-refractivity contribution is 0.783. The van der Waals surface area contributed by atoms with Gasteiger partial charge in [-0.1, -0.05) is 12.8 Å². The molecule has 0 unspecified atom stereocenters. The zero-order chi connectivity index (χ0) is 6.81. The van der Waals surface area contributed by atoms with Crippen LogP contribution in [-0.4, -0.2) is 16.1 Å². The van der Waals surface area contributed by atoms with Crippen molar-refractivity contribution in [2.24, 2.45) is 5.92 Å². The molecule has 2 rings (SSSR count). The Balaban J connectivity index is 1.69. The number of hydrogen-bond donors (Lipinski definition) is 0. The van der Waals surface area contributed by atoms with E-state index in [1.165, 1.54) is 37.2 Å². The second-order valence-electron chi connectivity index (χ2n) is 3.20. The third-order valence-corrected chi connectivity index (χ3v) is 5.11. The van der Waals surface area contributed by atoms with E-state index in [1.807, 2.05) is 0 Å². The fraction of sp³-hybridized carbons (Fsp3) is 1.00. The van der Waals surface area contributed by atoms with Crippen molar-refractivity contribution in [3.05, 3.63) is 0 Å². The van der Waals surface area contributed by atoms with Crippen LogP contribution in [0.25, 0.3) is 0 Å². The molecule has 0 radical (unpaired) electrons. The summed E-state index contributed by atoms with van der Waals surface area (Å²) in [6.45, 7) is 0. The summed E-state index contributed by atoms with van der Waals surface area (Å²) in [5, 5.41) is 0. The first-order chi connectivity index (χ1) is 4.95. The number of rotatable bonds is 2. The molecule has 0 amide bonds. The molecular formula is C8H14S2. The molecule has 0 nitrogen and oxygen atoms in total. The summed E-state index contributed by atoms with van der Waals surface area (Å²) < 4.78 is 0.973. The second kappa shape index (κ2) is 3.40. The molecule has 0 aromatic carbocycles. The summed E-state index contributed by atoms with van der Waals surface area (Å²) >= 11 is 4.39. The molecule has 1 aliphatic heterocycles. The summed E-state index contributed by atoms with van der Waals surface area (Å²) in [5.74, 6) is 3.97. The highest BCUT2D eigenvalue weighted by atomic mass is 32.2. The van der Waals surface area contributed by atoms with Crippen molar-refractivity contribution in [1.29, 1.82) is 0 Å². The first-order valence-corrected chi connectivity index (χ1v) is 6.28. The molecule has 1 aliphatic carbocycles. The fourth-order valence-electron chi connectivity index (χ4n) is 1.30. The Kier molecular flexibility index (Phi) is 2.50. The van der Waals surface area contributed by atoms with Gasteiger partial charge in [-0.15, -0.1) is 23.5 Å². The van der Waals surface area contributed by atoms with Gasteiger partial charge in [0.05, 0.1) is 4.58 Å². The van der Waals surface area contributed by atoms with Crippen molar-refractivity contribution in [2.45, 2.75) is 30.3 Å². The van der Waals surface area contributed by atoms with Crippen LogP contribution in [-0.2, 0) is 0 Å². The third-order valence-electron chi connectivity index (χ3n) is 2.12. The third kappa shape index (κ3) is 2.09. The molecule has 0 bridgehead atoms. The van der Waals surface area contributed by atoms with E-state index in [1.54, 1.807) is 0 Å². The van der Waals surface area contributed by atoms with Crippen molar-refractivity contribution in [3.63, 3.8) is 0 Å².